The van der Waals surface area contributed by atoms with Gasteiger partial charge in [0.15, 0.2) is 5.96 Å². The molecule has 2 aromatic carbocycles. The largest absolute Gasteiger partial charge is 0.381 e. The number of hydrogen-bond acceptors (Lipinski definition) is 2. The van der Waals surface area contributed by atoms with E-state index in [4.69, 9.17) is 22.1 Å². The van der Waals surface area contributed by atoms with E-state index in [0.717, 1.165) is 44.0 Å². The summed E-state index contributed by atoms with van der Waals surface area (Å²) in [7, 11) is 0. The number of nitrogens with one attached hydrogen (secondary N) is 1. The number of hydrogen-bond donors (Lipinski definition) is 2. The first-order valence-corrected chi connectivity index (χ1v) is 9.47. The molecular formula is C21H27ClIN3O. The van der Waals surface area contributed by atoms with Crippen LogP contribution in [0.5, 0.6) is 0 Å². The minimum Gasteiger partial charge on any atom is -0.381 e. The number of benzene rings is 2. The van der Waals surface area contributed by atoms with E-state index in [-0.39, 0.29) is 29.4 Å². The Labute approximate surface area is 183 Å². The summed E-state index contributed by atoms with van der Waals surface area (Å²) in [6.07, 6.45) is 2.77. The lowest BCUT2D eigenvalue weighted by molar-refractivity contribution is 0.0531. The van der Waals surface area contributed by atoms with Gasteiger partial charge < -0.3 is 15.8 Å². The van der Waals surface area contributed by atoms with Gasteiger partial charge in [0, 0.05) is 30.2 Å². The zero-order chi connectivity index (χ0) is 18.2. The quantitative estimate of drug-likeness (QED) is 0.357. The second-order valence-corrected chi connectivity index (χ2v) is 7.20. The molecule has 6 heteroatoms. The van der Waals surface area contributed by atoms with Gasteiger partial charge in [0.1, 0.15) is 0 Å². The fraction of sp³-hybridized carbons (Fsp3) is 0.381. The van der Waals surface area contributed by atoms with Crippen LogP contribution < -0.4 is 11.1 Å². The third kappa shape index (κ3) is 6.36. The predicted octanol–water partition coefficient (Wildman–Crippen LogP) is 4.15. The number of halogens is 2. The van der Waals surface area contributed by atoms with Gasteiger partial charge >= 0.3 is 0 Å². The van der Waals surface area contributed by atoms with Crippen molar-refractivity contribution in [3.8, 4) is 0 Å². The monoisotopic (exact) mass is 499 g/mol. The van der Waals surface area contributed by atoms with Crippen LogP contribution in [0, 0.1) is 0 Å². The van der Waals surface area contributed by atoms with E-state index in [1.54, 1.807) is 0 Å². The molecule has 4 nitrogen and oxygen atoms in total. The molecule has 0 bridgehead atoms. The Hall–Kier alpha value is -1.31. The molecule has 0 atom stereocenters. The van der Waals surface area contributed by atoms with Crippen LogP contribution in [0.15, 0.2) is 59.6 Å². The van der Waals surface area contributed by atoms with Crippen molar-refractivity contribution in [2.75, 3.05) is 26.3 Å². The Morgan fingerprint density at radius 3 is 2.56 bits per heavy atom. The molecule has 27 heavy (non-hydrogen) atoms. The smallest absolute Gasteiger partial charge is 0.188 e. The summed E-state index contributed by atoms with van der Waals surface area (Å²) in [5.74, 6) is 0.494. The highest BCUT2D eigenvalue weighted by atomic mass is 127. The Balaban J connectivity index is 0.00000261. The van der Waals surface area contributed by atoms with E-state index >= 15 is 0 Å². The van der Waals surface area contributed by atoms with Gasteiger partial charge in [0.05, 0.1) is 6.54 Å². The average molecular weight is 500 g/mol. The molecule has 146 valence electrons. The SMILES string of the molecule is I.NC(=NCC1(c2cccc(Cl)c2)CCOCC1)NCCc1ccccc1. The van der Waals surface area contributed by atoms with Gasteiger partial charge in [0.2, 0.25) is 0 Å². The van der Waals surface area contributed by atoms with Crippen molar-refractivity contribution in [3.05, 3.63) is 70.7 Å². The number of aliphatic imine (C=N–C) groups is 1. The lowest BCUT2D eigenvalue weighted by atomic mass is 9.74. The van der Waals surface area contributed by atoms with Crippen LogP contribution >= 0.6 is 35.6 Å². The first-order chi connectivity index (χ1) is 12.7. The number of nitrogens with zero attached hydrogens (tertiary/aromatic N) is 1. The molecule has 0 radical (unpaired) electrons. The second-order valence-electron chi connectivity index (χ2n) is 6.77. The maximum Gasteiger partial charge on any atom is 0.188 e. The van der Waals surface area contributed by atoms with Gasteiger partial charge in [0.25, 0.3) is 0 Å². The normalized spacial score (nSPS) is 16.4. The summed E-state index contributed by atoms with van der Waals surface area (Å²) in [6.45, 7) is 2.89. The van der Waals surface area contributed by atoms with E-state index in [1.807, 2.05) is 36.4 Å². The predicted molar refractivity (Wildman–Crippen MR) is 123 cm³/mol. The summed E-state index contributed by atoms with van der Waals surface area (Å²) < 4.78 is 5.57. The average Bonchev–Trinajstić information content (AvgIpc) is 2.68. The lowest BCUT2D eigenvalue weighted by Gasteiger charge is -2.36. The third-order valence-electron chi connectivity index (χ3n) is 5.00. The molecule has 1 aliphatic heterocycles. The first kappa shape index (κ1) is 22.0. The fourth-order valence-electron chi connectivity index (χ4n) is 3.39. The first-order valence-electron chi connectivity index (χ1n) is 9.09. The van der Waals surface area contributed by atoms with Gasteiger partial charge in [-0.15, -0.1) is 24.0 Å². The molecule has 3 rings (SSSR count). The maximum absolute atomic E-state index is 6.21. The Bertz CT molecular complexity index is 733. The summed E-state index contributed by atoms with van der Waals surface area (Å²) in [6, 6.07) is 18.4. The van der Waals surface area contributed by atoms with Gasteiger partial charge in [-0.1, -0.05) is 54.1 Å². The Morgan fingerprint density at radius 1 is 1.11 bits per heavy atom. The molecule has 1 aliphatic rings. The highest BCUT2D eigenvalue weighted by Gasteiger charge is 2.34. The summed E-state index contributed by atoms with van der Waals surface area (Å²) in [5, 5.41) is 3.98. The molecule has 3 N–H and O–H groups in total. The minimum absolute atomic E-state index is 0. The Kier molecular flexibility index (Phi) is 8.86. The van der Waals surface area contributed by atoms with Crippen LogP contribution in [-0.4, -0.2) is 32.3 Å². The van der Waals surface area contributed by atoms with Crippen molar-refractivity contribution in [2.24, 2.45) is 10.7 Å². The summed E-state index contributed by atoms with van der Waals surface area (Å²) in [5.41, 5.74) is 8.54. The summed E-state index contributed by atoms with van der Waals surface area (Å²) in [4.78, 5) is 4.64. The van der Waals surface area contributed by atoms with E-state index in [1.165, 1.54) is 11.1 Å². The molecular weight excluding hydrogens is 473 g/mol. The molecule has 1 heterocycles. The van der Waals surface area contributed by atoms with Crippen molar-refractivity contribution < 1.29 is 4.74 Å². The van der Waals surface area contributed by atoms with Gasteiger partial charge in [-0.2, -0.15) is 0 Å². The highest BCUT2D eigenvalue weighted by molar-refractivity contribution is 14.0. The van der Waals surface area contributed by atoms with Crippen LogP contribution in [0.4, 0.5) is 0 Å². The number of rotatable bonds is 6. The van der Waals surface area contributed by atoms with Gasteiger partial charge in [-0.25, -0.2) is 0 Å². The van der Waals surface area contributed by atoms with Crippen LogP contribution in [-0.2, 0) is 16.6 Å². The fourth-order valence-corrected chi connectivity index (χ4v) is 3.58. The molecule has 0 amide bonds. The maximum atomic E-state index is 6.21. The zero-order valence-electron chi connectivity index (χ0n) is 15.4. The van der Waals surface area contributed by atoms with Crippen LogP contribution in [0.1, 0.15) is 24.0 Å². The minimum atomic E-state index is -0.0606. The Morgan fingerprint density at radius 2 is 1.85 bits per heavy atom. The van der Waals surface area contributed by atoms with Crippen molar-refractivity contribution >= 4 is 41.5 Å². The number of ether oxygens (including phenoxy) is 1. The van der Waals surface area contributed by atoms with Crippen LogP contribution in [0.2, 0.25) is 5.02 Å². The summed E-state index contributed by atoms with van der Waals surface area (Å²) >= 11 is 6.21. The van der Waals surface area contributed by atoms with Crippen LogP contribution in [0.3, 0.4) is 0 Å². The standard InChI is InChI=1S/C21H26ClN3O.HI/c22-19-8-4-7-18(15-19)21(10-13-26-14-11-21)16-25-20(23)24-12-9-17-5-2-1-3-6-17;/h1-8,15H,9-14,16H2,(H3,23,24,25);1H. The van der Waals surface area contributed by atoms with Crippen molar-refractivity contribution in [2.45, 2.75) is 24.7 Å². The van der Waals surface area contributed by atoms with E-state index in [9.17, 15) is 0 Å². The number of guanidine groups is 1. The third-order valence-corrected chi connectivity index (χ3v) is 5.24. The molecule has 0 aliphatic carbocycles. The van der Waals surface area contributed by atoms with Crippen molar-refractivity contribution in [1.82, 2.24) is 5.32 Å². The lowest BCUT2D eigenvalue weighted by Crippen LogP contribution is -2.39. The van der Waals surface area contributed by atoms with E-state index in [2.05, 4.69) is 28.5 Å². The molecule has 2 aromatic rings. The van der Waals surface area contributed by atoms with E-state index < -0.39 is 0 Å². The van der Waals surface area contributed by atoms with Gasteiger partial charge in [-0.3, -0.25) is 4.99 Å². The molecule has 0 saturated carbocycles. The number of nitrogens with two attached hydrogens (primary N) is 1. The molecule has 0 unspecified atom stereocenters. The van der Waals surface area contributed by atoms with E-state index in [0.29, 0.717) is 12.5 Å². The van der Waals surface area contributed by atoms with Crippen molar-refractivity contribution in [1.29, 1.82) is 0 Å². The van der Waals surface area contributed by atoms with Crippen molar-refractivity contribution in [3.63, 3.8) is 0 Å². The second kappa shape index (κ2) is 10.9. The molecule has 0 spiro atoms. The topological polar surface area (TPSA) is 59.6 Å². The van der Waals surface area contributed by atoms with Crippen LogP contribution in [0.25, 0.3) is 0 Å². The molecule has 1 saturated heterocycles. The molecule has 0 aromatic heterocycles. The zero-order valence-corrected chi connectivity index (χ0v) is 18.5. The van der Waals surface area contributed by atoms with Gasteiger partial charge in [-0.05, 0) is 42.5 Å². The highest BCUT2D eigenvalue weighted by Crippen LogP contribution is 2.36. The molecule has 1 fully saturated rings.